The number of rotatable bonds is 7. The van der Waals surface area contributed by atoms with Crippen LogP contribution >= 0.6 is 0 Å². The summed E-state index contributed by atoms with van der Waals surface area (Å²) < 4.78 is 14.7. The van der Waals surface area contributed by atoms with Crippen LogP contribution in [0.5, 0.6) is 0 Å². The highest BCUT2D eigenvalue weighted by molar-refractivity contribution is 5.95. The number of anilines is 1. The van der Waals surface area contributed by atoms with E-state index in [2.05, 4.69) is 30.8 Å². The predicted molar refractivity (Wildman–Crippen MR) is 130 cm³/mol. The maximum absolute atomic E-state index is 14.7. The van der Waals surface area contributed by atoms with Crippen LogP contribution in [0.3, 0.4) is 0 Å². The molecule has 9 nitrogen and oxygen atoms in total. The summed E-state index contributed by atoms with van der Waals surface area (Å²) in [6, 6.07) is 11.7. The highest BCUT2D eigenvalue weighted by Gasteiger charge is 2.28. The Morgan fingerprint density at radius 3 is 2.80 bits per heavy atom. The van der Waals surface area contributed by atoms with Gasteiger partial charge in [0.2, 0.25) is 5.95 Å². The van der Waals surface area contributed by atoms with Gasteiger partial charge >= 0.3 is 0 Å². The largest absolute Gasteiger partial charge is 0.353 e. The molecule has 0 atom stereocenters. The van der Waals surface area contributed by atoms with E-state index < -0.39 is 11.7 Å². The van der Waals surface area contributed by atoms with Gasteiger partial charge in [-0.05, 0) is 30.8 Å². The molecule has 1 aliphatic heterocycles. The molecule has 0 aliphatic carbocycles. The number of nitrogens with zero attached hydrogens (tertiary/aromatic N) is 4. The highest BCUT2D eigenvalue weighted by Crippen LogP contribution is 2.25. The van der Waals surface area contributed by atoms with Crippen LogP contribution in [0.2, 0.25) is 0 Å². The van der Waals surface area contributed by atoms with Crippen molar-refractivity contribution in [3.63, 3.8) is 0 Å². The van der Waals surface area contributed by atoms with Gasteiger partial charge < -0.3 is 15.5 Å². The van der Waals surface area contributed by atoms with E-state index in [1.807, 2.05) is 19.2 Å². The number of carbonyl (C=O) groups is 1. The van der Waals surface area contributed by atoms with Crippen LogP contribution in [0.1, 0.15) is 32.9 Å². The monoisotopic (exact) mass is 473 g/mol. The lowest BCUT2D eigenvalue weighted by atomic mass is 10.0. The van der Waals surface area contributed by atoms with Gasteiger partial charge in [-0.15, -0.1) is 0 Å². The lowest BCUT2D eigenvalue weighted by molar-refractivity contribution is 0.0745. The summed E-state index contributed by atoms with van der Waals surface area (Å²) in [5, 5.41) is 14.1. The zero-order valence-corrected chi connectivity index (χ0v) is 19.1. The molecule has 1 aliphatic rings. The Bertz CT molecular complexity index is 1470. The summed E-state index contributed by atoms with van der Waals surface area (Å²) in [5.41, 5.74) is 2.68. The van der Waals surface area contributed by atoms with Gasteiger partial charge in [-0.2, -0.15) is 5.10 Å². The van der Waals surface area contributed by atoms with E-state index in [0.29, 0.717) is 42.1 Å². The minimum atomic E-state index is -0.588. The number of carbonyl (C=O) groups excluding carboxylic acids is 1. The molecule has 0 saturated heterocycles. The topological polar surface area (TPSA) is 116 Å². The van der Waals surface area contributed by atoms with Gasteiger partial charge in [0.05, 0.1) is 28.9 Å². The number of fused-ring (bicyclic) bond motifs is 2. The van der Waals surface area contributed by atoms with Crippen molar-refractivity contribution in [1.29, 1.82) is 0 Å². The number of hydrogen-bond acceptors (Lipinski definition) is 7. The van der Waals surface area contributed by atoms with Crippen LogP contribution < -0.4 is 16.2 Å². The van der Waals surface area contributed by atoms with Gasteiger partial charge in [0.25, 0.3) is 11.5 Å². The molecule has 0 bridgehead atoms. The lowest BCUT2D eigenvalue weighted by Gasteiger charge is -2.16. The summed E-state index contributed by atoms with van der Waals surface area (Å²) >= 11 is 0. The third-order valence-corrected chi connectivity index (χ3v) is 6.01. The van der Waals surface area contributed by atoms with Crippen LogP contribution in [0.15, 0.2) is 53.5 Å². The van der Waals surface area contributed by atoms with Crippen molar-refractivity contribution in [2.75, 3.05) is 25.5 Å². The van der Waals surface area contributed by atoms with E-state index in [1.165, 1.54) is 6.07 Å². The van der Waals surface area contributed by atoms with E-state index in [-0.39, 0.29) is 17.7 Å². The number of aromatic amines is 1. The standard InChI is InChI=1S/C25H24FN7O2/c1-27-8-9-28-25-29-12-16-13-33(14-22(16)30-25)24(35)19-10-15(6-7-20(19)26)11-21-17-4-2-3-5-18(17)23(34)32-31-21/h2-7,10,12,27H,8-9,11,13-14H2,1H3,(H,32,34)(H,28,29,30). The molecule has 3 N–H and O–H groups in total. The molecule has 0 saturated carbocycles. The second kappa shape index (κ2) is 9.59. The smallest absolute Gasteiger partial charge is 0.272 e. The van der Waals surface area contributed by atoms with Crippen molar-refractivity contribution in [3.8, 4) is 0 Å². The quantitative estimate of drug-likeness (QED) is 0.353. The zero-order chi connectivity index (χ0) is 24.4. The number of H-pyrrole nitrogens is 1. The third kappa shape index (κ3) is 4.60. The second-order valence-corrected chi connectivity index (χ2v) is 8.39. The minimum Gasteiger partial charge on any atom is -0.353 e. The first-order valence-electron chi connectivity index (χ1n) is 11.3. The maximum atomic E-state index is 14.7. The average Bonchev–Trinajstić information content (AvgIpc) is 3.30. The van der Waals surface area contributed by atoms with Gasteiger partial charge in [-0.3, -0.25) is 9.59 Å². The molecule has 178 valence electrons. The van der Waals surface area contributed by atoms with Crippen LogP contribution in [0, 0.1) is 5.82 Å². The van der Waals surface area contributed by atoms with Crippen molar-refractivity contribution in [2.45, 2.75) is 19.5 Å². The number of aromatic nitrogens is 4. The molecule has 0 fully saturated rings. The minimum absolute atomic E-state index is 0.00985. The Morgan fingerprint density at radius 2 is 1.97 bits per heavy atom. The SMILES string of the molecule is CNCCNc1ncc2c(n1)CN(C(=O)c1cc(Cc3n[nH]c(=O)c4ccccc34)ccc1F)C2. The Morgan fingerprint density at radius 1 is 1.14 bits per heavy atom. The van der Waals surface area contributed by atoms with E-state index >= 15 is 0 Å². The molecular formula is C25H24FN7O2. The molecule has 0 radical (unpaired) electrons. The van der Waals surface area contributed by atoms with Crippen molar-refractivity contribution < 1.29 is 9.18 Å². The normalized spacial score (nSPS) is 12.7. The molecular weight excluding hydrogens is 449 g/mol. The molecule has 1 amide bonds. The number of hydrogen-bond donors (Lipinski definition) is 3. The molecule has 2 aromatic heterocycles. The highest BCUT2D eigenvalue weighted by atomic mass is 19.1. The lowest BCUT2D eigenvalue weighted by Crippen LogP contribution is -2.26. The van der Waals surface area contributed by atoms with Gasteiger partial charge in [0.15, 0.2) is 0 Å². The number of halogens is 1. The van der Waals surface area contributed by atoms with Crippen LogP contribution in [-0.2, 0) is 19.5 Å². The molecule has 2 aromatic carbocycles. The number of likely N-dealkylation sites (N-methyl/N-ethyl adjacent to an activating group) is 1. The van der Waals surface area contributed by atoms with Crippen molar-refractivity contribution >= 4 is 22.6 Å². The van der Waals surface area contributed by atoms with Crippen LogP contribution in [0.4, 0.5) is 10.3 Å². The van der Waals surface area contributed by atoms with E-state index in [4.69, 9.17) is 0 Å². The molecule has 0 unspecified atom stereocenters. The maximum Gasteiger partial charge on any atom is 0.272 e. The van der Waals surface area contributed by atoms with Crippen LogP contribution in [0.25, 0.3) is 10.8 Å². The third-order valence-electron chi connectivity index (χ3n) is 6.01. The van der Waals surface area contributed by atoms with Gasteiger partial charge in [0.1, 0.15) is 5.82 Å². The molecule has 0 spiro atoms. The van der Waals surface area contributed by atoms with Crippen LogP contribution in [-0.4, -0.2) is 51.1 Å². The van der Waals surface area contributed by atoms with Gasteiger partial charge in [-0.1, -0.05) is 24.3 Å². The number of nitrogens with one attached hydrogen (secondary N) is 3. The molecule has 5 rings (SSSR count). The van der Waals surface area contributed by atoms with E-state index in [9.17, 15) is 14.0 Å². The number of amides is 1. The molecule has 10 heteroatoms. The van der Waals surface area contributed by atoms with Gasteiger partial charge in [0, 0.05) is 43.2 Å². The summed E-state index contributed by atoms with van der Waals surface area (Å²) in [7, 11) is 1.86. The average molecular weight is 474 g/mol. The Labute approximate surface area is 200 Å². The first kappa shape index (κ1) is 22.6. The molecule has 35 heavy (non-hydrogen) atoms. The fourth-order valence-electron chi connectivity index (χ4n) is 4.20. The van der Waals surface area contributed by atoms with Crippen molar-refractivity contribution in [3.05, 3.63) is 92.9 Å². The first-order chi connectivity index (χ1) is 17.0. The fraction of sp³-hybridized carbons (Fsp3) is 0.240. The fourth-order valence-corrected chi connectivity index (χ4v) is 4.20. The molecule has 3 heterocycles. The molecule has 4 aromatic rings. The first-order valence-corrected chi connectivity index (χ1v) is 11.3. The van der Waals surface area contributed by atoms with Gasteiger partial charge in [-0.25, -0.2) is 19.5 Å². The number of benzene rings is 2. The summed E-state index contributed by atoms with van der Waals surface area (Å²) in [6.07, 6.45) is 2.04. The van der Waals surface area contributed by atoms with Crippen molar-refractivity contribution in [1.82, 2.24) is 30.4 Å². The Kier molecular flexibility index (Phi) is 6.19. The summed E-state index contributed by atoms with van der Waals surface area (Å²) in [4.78, 5) is 35.7. The summed E-state index contributed by atoms with van der Waals surface area (Å²) in [5.74, 6) is -0.497. The zero-order valence-electron chi connectivity index (χ0n) is 19.1. The second-order valence-electron chi connectivity index (χ2n) is 8.39. The Hall–Kier alpha value is -4.18. The predicted octanol–water partition coefficient (Wildman–Crippen LogP) is 2.23. The van der Waals surface area contributed by atoms with Crippen molar-refractivity contribution in [2.24, 2.45) is 0 Å². The Balaban J connectivity index is 1.36. The van der Waals surface area contributed by atoms with E-state index in [1.54, 1.807) is 35.4 Å². The summed E-state index contributed by atoms with van der Waals surface area (Å²) in [6.45, 7) is 2.05. The van der Waals surface area contributed by atoms with E-state index in [0.717, 1.165) is 23.2 Å².